The number of aryl methyl sites for hydroxylation is 1. The van der Waals surface area contributed by atoms with E-state index >= 15 is 0 Å². The number of aromatic carboxylic acids is 1. The van der Waals surface area contributed by atoms with Crippen LogP contribution in [0.3, 0.4) is 0 Å². The maximum Gasteiger partial charge on any atom is 0.355 e. The highest BCUT2D eigenvalue weighted by atomic mass is 16.4. The summed E-state index contributed by atoms with van der Waals surface area (Å²) in [4.78, 5) is 20.4. The number of hydrogen-bond donors (Lipinski definition) is 1. The van der Waals surface area contributed by atoms with Crippen molar-refractivity contribution in [2.45, 2.75) is 45.6 Å². The Morgan fingerprint density at radius 2 is 1.67 bits per heavy atom. The second kappa shape index (κ2) is 10.7. The zero-order valence-corrected chi connectivity index (χ0v) is 18.8. The fourth-order valence-electron chi connectivity index (χ4n) is 3.89. The molecule has 2 aromatic carbocycles. The fourth-order valence-corrected chi connectivity index (χ4v) is 3.89. The maximum atomic E-state index is 11.5. The van der Waals surface area contributed by atoms with Gasteiger partial charge in [-0.2, -0.15) is 5.10 Å². The van der Waals surface area contributed by atoms with E-state index in [4.69, 9.17) is 10.1 Å². The van der Waals surface area contributed by atoms with Gasteiger partial charge in [-0.15, -0.1) is 0 Å². The predicted molar refractivity (Wildman–Crippen MR) is 128 cm³/mol. The van der Waals surface area contributed by atoms with Crippen LogP contribution in [0.4, 0.5) is 0 Å². The number of nitrogens with zero attached hydrogens (tertiary/aromatic N) is 4. The number of benzene rings is 2. The first-order chi connectivity index (χ1) is 16.1. The van der Waals surface area contributed by atoms with E-state index in [1.165, 1.54) is 18.2 Å². The zero-order chi connectivity index (χ0) is 23.0. The lowest BCUT2D eigenvalue weighted by Crippen LogP contribution is -2.07. The smallest absolute Gasteiger partial charge is 0.355 e. The Kier molecular flexibility index (Phi) is 7.25. The Morgan fingerprint density at radius 1 is 0.909 bits per heavy atom. The van der Waals surface area contributed by atoms with E-state index in [2.05, 4.69) is 24.0 Å². The molecule has 0 aliphatic heterocycles. The van der Waals surface area contributed by atoms with Crippen molar-refractivity contribution in [3.8, 4) is 11.1 Å². The molecule has 0 atom stereocenters. The average molecular weight is 441 g/mol. The molecule has 4 aromatic rings. The van der Waals surface area contributed by atoms with E-state index in [9.17, 15) is 9.90 Å². The first-order valence-corrected chi connectivity index (χ1v) is 11.4. The molecule has 168 valence electrons. The van der Waals surface area contributed by atoms with Gasteiger partial charge in [0.1, 0.15) is 5.82 Å². The van der Waals surface area contributed by atoms with Crippen LogP contribution in [-0.4, -0.2) is 30.8 Å². The summed E-state index contributed by atoms with van der Waals surface area (Å²) >= 11 is 0. The third-order valence-corrected chi connectivity index (χ3v) is 5.61. The third kappa shape index (κ3) is 5.71. The first-order valence-electron chi connectivity index (χ1n) is 11.4. The number of rotatable bonds is 10. The molecule has 33 heavy (non-hydrogen) atoms. The van der Waals surface area contributed by atoms with Crippen molar-refractivity contribution in [1.29, 1.82) is 0 Å². The number of hydrogen-bond acceptors (Lipinski definition) is 4. The SMILES string of the molecule is CCCCCn1nc(Cc2ccccc2)nc1Cc1ccc(-c2cccnc2C(=O)O)cc1. The van der Waals surface area contributed by atoms with Gasteiger partial charge in [0, 0.05) is 31.1 Å². The van der Waals surface area contributed by atoms with Gasteiger partial charge < -0.3 is 5.11 Å². The molecule has 0 fully saturated rings. The standard InChI is InChI=1S/C27H28N4O2/c1-2-3-7-17-31-25(29-24(30-31)18-20-9-5-4-6-10-20)19-21-12-14-22(15-13-21)23-11-8-16-28-26(23)27(32)33/h4-6,8-16H,2-3,7,17-19H2,1H3,(H,32,33). The van der Waals surface area contributed by atoms with E-state index in [-0.39, 0.29) is 5.69 Å². The van der Waals surface area contributed by atoms with Crippen LogP contribution in [0.5, 0.6) is 0 Å². The zero-order valence-electron chi connectivity index (χ0n) is 18.8. The highest BCUT2D eigenvalue weighted by molar-refractivity contribution is 5.93. The van der Waals surface area contributed by atoms with Gasteiger partial charge in [0.25, 0.3) is 0 Å². The van der Waals surface area contributed by atoms with Crippen LogP contribution in [0, 0.1) is 0 Å². The van der Waals surface area contributed by atoms with E-state index in [1.54, 1.807) is 12.1 Å². The molecule has 6 heteroatoms. The minimum Gasteiger partial charge on any atom is -0.476 e. The monoisotopic (exact) mass is 440 g/mol. The van der Waals surface area contributed by atoms with E-state index in [0.29, 0.717) is 18.4 Å². The second-order valence-corrected chi connectivity index (χ2v) is 8.12. The lowest BCUT2D eigenvalue weighted by Gasteiger charge is -2.08. The van der Waals surface area contributed by atoms with E-state index in [0.717, 1.165) is 42.2 Å². The van der Waals surface area contributed by atoms with Crippen LogP contribution < -0.4 is 0 Å². The van der Waals surface area contributed by atoms with Gasteiger partial charge >= 0.3 is 5.97 Å². The minimum absolute atomic E-state index is 0.0615. The summed E-state index contributed by atoms with van der Waals surface area (Å²) in [5.41, 5.74) is 3.81. The van der Waals surface area contributed by atoms with Crippen molar-refractivity contribution >= 4 is 5.97 Å². The lowest BCUT2D eigenvalue weighted by atomic mass is 10.0. The topological polar surface area (TPSA) is 80.9 Å². The Hall–Kier alpha value is -3.80. The van der Waals surface area contributed by atoms with Gasteiger partial charge in [0.15, 0.2) is 11.5 Å². The highest BCUT2D eigenvalue weighted by Crippen LogP contribution is 2.23. The van der Waals surface area contributed by atoms with Crippen LogP contribution in [0.2, 0.25) is 0 Å². The Morgan fingerprint density at radius 3 is 2.39 bits per heavy atom. The molecule has 0 unspecified atom stereocenters. The van der Waals surface area contributed by atoms with Crippen molar-refractivity contribution in [3.05, 3.63) is 101 Å². The highest BCUT2D eigenvalue weighted by Gasteiger charge is 2.14. The second-order valence-electron chi connectivity index (χ2n) is 8.12. The summed E-state index contributed by atoms with van der Waals surface area (Å²) in [6.07, 6.45) is 6.29. The number of carbonyl (C=O) groups is 1. The van der Waals surface area contributed by atoms with Gasteiger partial charge in [-0.1, -0.05) is 80.4 Å². The number of carboxylic acids is 1. The molecule has 1 N–H and O–H groups in total. The summed E-state index contributed by atoms with van der Waals surface area (Å²) in [6.45, 7) is 3.06. The Bertz CT molecular complexity index is 1200. The molecule has 6 nitrogen and oxygen atoms in total. The van der Waals surface area contributed by atoms with Crippen LogP contribution in [0.1, 0.15) is 59.5 Å². The normalized spacial score (nSPS) is 10.9. The van der Waals surface area contributed by atoms with Gasteiger partial charge in [0.05, 0.1) is 0 Å². The van der Waals surface area contributed by atoms with Crippen LogP contribution in [-0.2, 0) is 19.4 Å². The molecule has 0 bridgehead atoms. The van der Waals surface area contributed by atoms with Crippen LogP contribution in [0.15, 0.2) is 72.9 Å². The van der Waals surface area contributed by atoms with Crippen molar-refractivity contribution in [2.75, 3.05) is 0 Å². The van der Waals surface area contributed by atoms with Crippen molar-refractivity contribution in [1.82, 2.24) is 19.7 Å². The van der Waals surface area contributed by atoms with Gasteiger partial charge in [-0.3, -0.25) is 0 Å². The molecule has 0 amide bonds. The number of pyridine rings is 1. The van der Waals surface area contributed by atoms with Crippen molar-refractivity contribution < 1.29 is 9.90 Å². The molecule has 0 spiro atoms. The maximum absolute atomic E-state index is 11.5. The summed E-state index contributed by atoms with van der Waals surface area (Å²) < 4.78 is 2.05. The molecular formula is C27H28N4O2. The Balaban J connectivity index is 1.55. The van der Waals surface area contributed by atoms with Crippen LogP contribution in [0.25, 0.3) is 11.1 Å². The molecule has 0 aliphatic rings. The first kappa shape index (κ1) is 22.4. The fraction of sp³-hybridized carbons (Fsp3) is 0.259. The van der Waals surface area contributed by atoms with Gasteiger partial charge in [-0.05, 0) is 29.2 Å². The van der Waals surface area contributed by atoms with Crippen molar-refractivity contribution in [2.24, 2.45) is 0 Å². The molecule has 4 rings (SSSR count). The number of carboxylic acid groups (broad SMARTS) is 1. The van der Waals surface area contributed by atoms with E-state index < -0.39 is 5.97 Å². The van der Waals surface area contributed by atoms with Gasteiger partial charge in [-0.25, -0.2) is 19.4 Å². The molecule has 2 aromatic heterocycles. The Labute approximate surface area is 194 Å². The average Bonchev–Trinajstić information content (AvgIpc) is 3.21. The van der Waals surface area contributed by atoms with Crippen molar-refractivity contribution in [3.63, 3.8) is 0 Å². The molecule has 0 saturated heterocycles. The summed E-state index contributed by atoms with van der Waals surface area (Å²) in [5, 5.41) is 14.2. The van der Waals surface area contributed by atoms with Crippen LogP contribution >= 0.6 is 0 Å². The molecule has 0 saturated carbocycles. The molecule has 0 aliphatic carbocycles. The van der Waals surface area contributed by atoms with E-state index in [1.807, 2.05) is 47.1 Å². The lowest BCUT2D eigenvalue weighted by molar-refractivity contribution is 0.0691. The third-order valence-electron chi connectivity index (χ3n) is 5.61. The molecule has 0 radical (unpaired) electrons. The minimum atomic E-state index is -1.03. The summed E-state index contributed by atoms with van der Waals surface area (Å²) in [7, 11) is 0. The predicted octanol–water partition coefficient (Wildman–Crippen LogP) is 5.41. The molecular weight excluding hydrogens is 412 g/mol. The number of unbranched alkanes of at least 4 members (excludes halogenated alkanes) is 2. The quantitative estimate of drug-likeness (QED) is 0.334. The summed E-state index contributed by atoms with van der Waals surface area (Å²) in [6, 6.07) is 21.8. The van der Waals surface area contributed by atoms with Gasteiger partial charge in [0.2, 0.25) is 0 Å². The number of aromatic nitrogens is 4. The molecule has 2 heterocycles. The largest absolute Gasteiger partial charge is 0.476 e. The summed E-state index contributed by atoms with van der Waals surface area (Å²) in [5.74, 6) is 0.768.